The third-order valence-electron chi connectivity index (χ3n) is 8.12. The van der Waals surface area contributed by atoms with E-state index in [-0.39, 0.29) is 5.91 Å². The van der Waals surface area contributed by atoms with Gasteiger partial charge in [0.15, 0.2) is 5.96 Å². The highest BCUT2D eigenvalue weighted by molar-refractivity contribution is 6.06. The minimum absolute atomic E-state index is 0.159. The van der Waals surface area contributed by atoms with Crippen molar-refractivity contribution >= 4 is 11.9 Å². The van der Waals surface area contributed by atoms with Gasteiger partial charge in [-0.3, -0.25) is 9.69 Å². The molecule has 0 spiro atoms. The van der Waals surface area contributed by atoms with Crippen LogP contribution in [-0.4, -0.2) is 22.3 Å². The molecule has 0 aromatic heterocycles. The van der Waals surface area contributed by atoms with Crippen molar-refractivity contribution in [1.82, 2.24) is 4.90 Å². The quantitative estimate of drug-likeness (QED) is 0.582. The standard InChI is InChI=1S/C27H41N3O/c1-20-13-14-24(21(2)17-20)19-30-25(31)27(29-26(30)28,18-23-11-7-4-8-12-23)16-15-22-9-5-3-6-10-22/h13-14,17,22-23H,3-12,15-16,18-19H2,1-2H3,(H2,28,29)/t27-/m1/s1. The maximum atomic E-state index is 13.9. The number of guanidine groups is 1. The number of hydrogen-bond acceptors (Lipinski definition) is 3. The Morgan fingerprint density at radius 1 is 1.00 bits per heavy atom. The van der Waals surface area contributed by atoms with E-state index in [4.69, 9.17) is 10.7 Å². The van der Waals surface area contributed by atoms with E-state index in [0.29, 0.717) is 18.4 Å². The summed E-state index contributed by atoms with van der Waals surface area (Å²) in [7, 11) is 0. The summed E-state index contributed by atoms with van der Waals surface area (Å²) >= 11 is 0. The Hall–Kier alpha value is -1.84. The summed E-state index contributed by atoms with van der Waals surface area (Å²) in [6.07, 6.45) is 16.0. The van der Waals surface area contributed by atoms with Crippen LogP contribution in [0.5, 0.6) is 0 Å². The summed E-state index contributed by atoms with van der Waals surface area (Å²) in [6.45, 7) is 4.76. The van der Waals surface area contributed by atoms with Crippen molar-refractivity contribution in [3.05, 3.63) is 34.9 Å². The average Bonchev–Trinajstić information content (AvgIpc) is 3.00. The lowest BCUT2D eigenvalue weighted by Gasteiger charge is -2.33. The molecule has 2 saturated carbocycles. The number of carbonyl (C=O) groups is 1. The second kappa shape index (κ2) is 9.75. The van der Waals surface area contributed by atoms with Crippen molar-refractivity contribution in [2.45, 2.75) is 109 Å². The third-order valence-corrected chi connectivity index (χ3v) is 8.12. The predicted molar refractivity (Wildman–Crippen MR) is 128 cm³/mol. The summed E-state index contributed by atoms with van der Waals surface area (Å²) in [5.41, 5.74) is 9.44. The van der Waals surface area contributed by atoms with E-state index < -0.39 is 5.54 Å². The molecule has 0 radical (unpaired) electrons. The Morgan fingerprint density at radius 3 is 2.29 bits per heavy atom. The minimum Gasteiger partial charge on any atom is -0.369 e. The molecule has 0 saturated heterocycles. The second-order valence-electron chi connectivity index (χ2n) is 10.6. The van der Waals surface area contributed by atoms with Crippen LogP contribution in [-0.2, 0) is 11.3 Å². The molecule has 2 fully saturated rings. The number of benzene rings is 1. The largest absolute Gasteiger partial charge is 0.369 e. The molecule has 4 nitrogen and oxygen atoms in total. The van der Waals surface area contributed by atoms with Gasteiger partial charge in [-0.2, -0.15) is 0 Å². The van der Waals surface area contributed by atoms with Crippen LogP contribution in [0.15, 0.2) is 23.2 Å². The first-order valence-electron chi connectivity index (χ1n) is 12.7. The first kappa shape index (κ1) is 22.4. The SMILES string of the molecule is Cc1ccc(CN2C(=O)[C@@](CCC3CCCCC3)(CC3CCCCC3)N=C2N)c(C)c1. The lowest BCUT2D eigenvalue weighted by atomic mass is 9.75. The monoisotopic (exact) mass is 423 g/mol. The molecule has 1 heterocycles. The Morgan fingerprint density at radius 2 is 1.65 bits per heavy atom. The highest BCUT2D eigenvalue weighted by Crippen LogP contribution is 2.41. The molecule has 4 rings (SSSR count). The molecule has 1 aromatic rings. The first-order valence-corrected chi connectivity index (χ1v) is 12.7. The van der Waals surface area contributed by atoms with Crippen LogP contribution in [0.2, 0.25) is 0 Å². The van der Waals surface area contributed by atoms with E-state index in [0.717, 1.165) is 30.7 Å². The Balaban J connectivity index is 1.53. The van der Waals surface area contributed by atoms with E-state index in [1.807, 2.05) is 0 Å². The van der Waals surface area contributed by atoms with Crippen molar-refractivity contribution in [1.29, 1.82) is 0 Å². The van der Waals surface area contributed by atoms with Gasteiger partial charge < -0.3 is 5.73 Å². The van der Waals surface area contributed by atoms with Gasteiger partial charge in [-0.25, -0.2) is 4.99 Å². The minimum atomic E-state index is -0.623. The molecule has 0 unspecified atom stereocenters. The number of rotatable bonds is 7. The molecule has 1 atom stereocenters. The van der Waals surface area contributed by atoms with Crippen LogP contribution >= 0.6 is 0 Å². The summed E-state index contributed by atoms with van der Waals surface area (Å²) in [5, 5.41) is 0. The number of carbonyl (C=O) groups excluding carboxylic acids is 1. The molecule has 1 amide bonds. The molecule has 1 aromatic carbocycles. The van der Waals surface area contributed by atoms with E-state index in [1.165, 1.54) is 75.3 Å². The van der Waals surface area contributed by atoms with Crippen molar-refractivity contribution in [3.8, 4) is 0 Å². The summed E-state index contributed by atoms with van der Waals surface area (Å²) in [4.78, 5) is 20.7. The second-order valence-corrected chi connectivity index (χ2v) is 10.6. The molecular formula is C27H41N3O. The average molecular weight is 424 g/mol. The van der Waals surface area contributed by atoms with E-state index in [1.54, 1.807) is 4.90 Å². The predicted octanol–water partition coefficient (Wildman–Crippen LogP) is 6.03. The first-order chi connectivity index (χ1) is 15.0. The molecule has 1 aliphatic heterocycles. The number of hydrogen-bond donors (Lipinski definition) is 1. The van der Waals surface area contributed by atoms with Crippen molar-refractivity contribution < 1.29 is 4.79 Å². The summed E-state index contributed by atoms with van der Waals surface area (Å²) in [6, 6.07) is 6.44. The third kappa shape index (κ3) is 5.15. The Bertz CT molecular complexity index is 805. The molecule has 3 aliphatic rings. The van der Waals surface area contributed by atoms with Gasteiger partial charge in [0.2, 0.25) is 0 Å². The molecule has 170 valence electrons. The van der Waals surface area contributed by atoms with Crippen LogP contribution in [0.3, 0.4) is 0 Å². The van der Waals surface area contributed by atoms with Crippen LogP contribution in [0.25, 0.3) is 0 Å². The molecule has 2 aliphatic carbocycles. The maximum Gasteiger partial charge on any atom is 0.257 e. The molecule has 0 bridgehead atoms. The van der Waals surface area contributed by atoms with Gasteiger partial charge in [0.05, 0.1) is 6.54 Å². The summed E-state index contributed by atoms with van der Waals surface area (Å²) in [5.74, 6) is 1.96. The zero-order valence-electron chi connectivity index (χ0n) is 19.7. The van der Waals surface area contributed by atoms with Gasteiger partial charge in [-0.15, -0.1) is 0 Å². The van der Waals surface area contributed by atoms with E-state index in [9.17, 15) is 4.79 Å². The number of aryl methyl sites for hydroxylation is 2. The van der Waals surface area contributed by atoms with Gasteiger partial charge in [0, 0.05) is 0 Å². The maximum absolute atomic E-state index is 13.9. The number of aliphatic imine (C=N–C) groups is 1. The van der Waals surface area contributed by atoms with Crippen LogP contribution in [0.1, 0.15) is 100 Å². The zero-order valence-corrected chi connectivity index (χ0v) is 19.7. The lowest BCUT2D eigenvalue weighted by Crippen LogP contribution is -2.45. The van der Waals surface area contributed by atoms with E-state index >= 15 is 0 Å². The molecule has 4 heteroatoms. The topological polar surface area (TPSA) is 58.7 Å². The molecule has 31 heavy (non-hydrogen) atoms. The van der Waals surface area contributed by atoms with Gasteiger partial charge in [-0.1, -0.05) is 88.0 Å². The Kier molecular flexibility index (Phi) is 7.03. The van der Waals surface area contributed by atoms with Crippen molar-refractivity contribution in [2.24, 2.45) is 22.6 Å². The van der Waals surface area contributed by atoms with Gasteiger partial charge in [0.1, 0.15) is 5.54 Å². The Labute approximate surface area is 188 Å². The highest BCUT2D eigenvalue weighted by atomic mass is 16.2. The smallest absolute Gasteiger partial charge is 0.257 e. The zero-order chi connectivity index (χ0) is 21.8. The van der Waals surface area contributed by atoms with Gasteiger partial charge in [-0.05, 0) is 56.1 Å². The van der Waals surface area contributed by atoms with Crippen LogP contribution in [0, 0.1) is 25.7 Å². The van der Waals surface area contributed by atoms with Crippen LogP contribution in [0.4, 0.5) is 0 Å². The molecule has 2 N–H and O–H groups in total. The van der Waals surface area contributed by atoms with Gasteiger partial charge in [0.25, 0.3) is 5.91 Å². The number of nitrogens with zero attached hydrogens (tertiary/aromatic N) is 2. The van der Waals surface area contributed by atoms with Crippen molar-refractivity contribution in [2.75, 3.05) is 0 Å². The summed E-state index contributed by atoms with van der Waals surface area (Å²) < 4.78 is 0. The van der Waals surface area contributed by atoms with Crippen LogP contribution < -0.4 is 5.73 Å². The lowest BCUT2D eigenvalue weighted by molar-refractivity contribution is -0.132. The number of amides is 1. The van der Waals surface area contributed by atoms with E-state index in [2.05, 4.69) is 32.0 Å². The normalized spacial score (nSPS) is 25.8. The fourth-order valence-electron chi connectivity index (χ4n) is 6.21. The number of nitrogens with two attached hydrogens (primary N) is 1. The fourth-order valence-corrected chi connectivity index (χ4v) is 6.21. The van der Waals surface area contributed by atoms with Crippen molar-refractivity contribution in [3.63, 3.8) is 0 Å². The highest BCUT2D eigenvalue weighted by Gasteiger charge is 2.48. The molecular weight excluding hydrogens is 382 g/mol. The van der Waals surface area contributed by atoms with Gasteiger partial charge >= 0.3 is 0 Å². The fraction of sp³-hybridized carbons (Fsp3) is 0.704.